The van der Waals surface area contributed by atoms with E-state index in [1.54, 1.807) is 0 Å². The molecule has 0 amide bonds. The first-order valence-corrected chi connectivity index (χ1v) is 13.3. The summed E-state index contributed by atoms with van der Waals surface area (Å²) < 4.78 is 2.52. The molecule has 2 aliphatic carbocycles. The van der Waals surface area contributed by atoms with Crippen molar-refractivity contribution in [3.05, 3.63) is 125 Å². The lowest BCUT2D eigenvalue weighted by Crippen LogP contribution is -2.24. The number of benzene rings is 5. The second-order valence-electron chi connectivity index (χ2n) is 11.8. The van der Waals surface area contributed by atoms with Crippen LogP contribution in [0.5, 0.6) is 0 Å². The molecule has 0 saturated heterocycles. The molecule has 0 spiro atoms. The largest absolute Gasteiger partial charge is 0.309 e. The molecule has 1 aromatic heterocycles. The Kier molecular flexibility index (Phi) is 3.87. The molecule has 178 valence electrons. The summed E-state index contributed by atoms with van der Waals surface area (Å²) in [6.07, 6.45) is 0. The van der Waals surface area contributed by atoms with Gasteiger partial charge in [0.1, 0.15) is 0 Å². The van der Waals surface area contributed by atoms with E-state index < -0.39 is 0 Å². The van der Waals surface area contributed by atoms with Crippen molar-refractivity contribution < 1.29 is 0 Å². The zero-order chi connectivity index (χ0) is 25.1. The Morgan fingerprint density at radius 2 is 1.03 bits per heavy atom. The molecule has 8 rings (SSSR count). The summed E-state index contributed by atoms with van der Waals surface area (Å²) in [7, 11) is 0. The highest BCUT2D eigenvalue weighted by Gasteiger charge is 2.48. The van der Waals surface area contributed by atoms with Crippen LogP contribution in [0.2, 0.25) is 0 Å². The molecule has 0 N–H and O–H groups in total. The predicted molar refractivity (Wildman–Crippen MR) is 156 cm³/mol. The van der Waals surface area contributed by atoms with Crippen LogP contribution in [0.4, 0.5) is 0 Å². The maximum atomic E-state index is 2.52. The molecule has 1 nitrogen and oxygen atoms in total. The van der Waals surface area contributed by atoms with Crippen molar-refractivity contribution in [2.45, 2.75) is 38.5 Å². The Morgan fingerprint density at radius 3 is 1.70 bits per heavy atom. The van der Waals surface area contributed by atoms with E-state index in [-0.39, 0.29) is 10.8 Å². The van der Waals surface area contributed by atoms with Crippen LogP contribution >= 0.6 is 0 Å². The summed E-state index contributed by atoms with van der Waals surface area (Å²) in [4.78, 5) is 0. The van der Waals surface area contributed by atoms with Gasteiger partial charge in [0.15, 0.2) is 0 Å². The highest BCUT2D eigenvalue weighted by molar-refractivity contribution is 6.23. The first-order chi connectivity index (χ1) is 17.9. The SMILES string of the molecule is CC1(C)c2ccccc2-c2c1c1c(c3c2c2ccccc2n3-c2ccccc2)-c2ccccc2C1(C)C. The number of fused-ring (bicyclic) bond motifs is 12. The van der Waals surface area contributed by atoms with Gasteiger partial charge >= 0.3 is 0 Å². The van der Waals surface area contributed by atoms with Gasteiger partial charge in [-0.1, -0.05) is 113 Å². The summed E-state index contributed by atoms with van der Waals surface area (Å²) >= 11 is 0. The van der Waals surface area contributed by atoms with Gasteiger partial charge in [-0.2, -0.15) is 0 Å². The van der Waals surface area contributed by atoms with Gasteiger partial charge in [-0.25, -0.2) is 0 Å². The Hall–Kier alpha value is -4.10. The fraction of sp³-hybridized carbons (Fsp3) is 0.167. The van der Waals surface area contributed by atoms with Crippen molar-refractivity contribution >= 4 is 21.8 Å². The van der Waals surface area contributed by atoms with Gasteiger partial charge in [-0.05, 0) is 57.1 Å². The summed E-state index contributed by atoms with van der Waals surface area (Å²) in [6.45, 7) is 9.72. The predicted octanol–water partition coefficient (Wildman–Crippen LogP) is 9.40. The van der Waals surface area contributed by atoms with Gasteiger partial charge in [0.25, 0.3) is 0 Å². The molecule has 2 aliphatic rings. The highest BCUT2D eigenvalue weighted by atomic mass is 15.0. The molecule has 0 atom stereocenters. The molecule has 6 aromatic rings. The normalized spacial score (nSPS) is 16.0. The first kappa shape index (κ1) is 21.0. The molecular weight excluding hydrogens is 446 g/mol. The second kappa shape index (κ2) is 6.81. The van der Waals surface area contributed by atoms with Crippen molar-refractivity contribution in [3.8, 4) is 27.9 Å². The van der Waals surface area contributed by atoms with Crippen LogP contribution in [-0.2, 0) is 10.8 Å². The number of rotatable bonds is 1. The number of nitrogens with zero attached hydrogens (tertiary/aromatic N) is 1. The zero-order valence-corrected chi connectivity index (χ0v) is 21.8. The Labute approximate surface area is 218 Å². The number of para-hydroxylation sites is 2. The first-order valence-electron chi connectivity index (χ1n) is 13.3. The molecule has 37 heavy (non-hydrogen) atoms. The van der Waals surface area contributed by atoms with Crippen LogP contribution in [-0.4, -0.2) is 4.57 Å². The fourth-order valence-electron chi connectivity index (χ4n) is 7.61. The van der Waals surface area contributed by atoms with E-state index in [2.05, 4.69) is 135 Å². The van der Waals surface area contributed by atoms with Crippen LogP contribution in [0, 0.1) is 0 Å². The molecule has 1 heteroatoms. The minimum absolute atomic E-state index is 0.0839. The third-order valence-electron chi connectivity index (χ3n) is 9.12. The van der Waals surface area contributed by atoms with E-state index in [4.69, 9.17) is 0 Å². The lowest BCUT2D eigenvalue weighted by atomic mass is 9.72. The highest BCUT2D eigenvalue weighted by Crippen LogP contribution is 2.63. The van der Waals surface area contributed by atoms with Crippen LogP contribution in [0.25, 0.3) is 49.7 Å². The van der Waals surface area contributed by atoms with E-state index >= 15 is 0 Å². The van der Waals surface area contributed by atoms with Crippen molar-refractivity contribution in [2.75, 3.05) is 0 Å². The Balaban J connectivity index is 1.73. The molecule has 5 aromatic carbocycles. The average molecular weight is 476 g/mol. The molecule has 1 heterocycles. The third-order valence-corrected chi connectivity index (χ3v) is 9.12. The fourth-order valence-corrected chi connectivity index (χ4v) is 7.61. The molecule has 0 bridgehead atoms. The number of aromatic nitrogens is 1. The number of hydrogen-bond donors (Lipinski definition) is 0. The third kappa shape index (κ3) is 2.40. The molecule has 0 saturated carbocycles. The average Bonchev–Trinajstić information content (AvgIpc) is 3.47. The number of hydrogen-bond acceptors (Lipinski definition) is 0. The van der Waals surface area contributed by atoms with Gasteiger partial charge in [-0.3, -0.25) is 0 Å². The quantitative estimate of drug-likeness (QED) is 0.223. The van der Waals surface area contributed by atoms with Crippen LogP contribution < -0.4 is 0 Å². The maximum Gasteiger partial charge on any atom is 0.0629 e. The van der Waals surface area contributed by atoms with Gasteiger partial charge < -0.3 is 4.57 Å². The van der Waals surface area contributed by atoms with Gasteiger partial charge in [-0.15, -0.1) is 0 Å². The van der Waals surface area contributed by atoms with Crippen molar-refractivity contribution in [1.29, 1.82) is 0 Å². The molecule has 0 radical (unpaired) electrons. The Bertz CT molecular complexity index is 1910. The molecule has 0 aliphatic heterocycles. The van der Waals surface area contributed by atoms with Crippen molar-refractivity contribution in [2.24, 2.45) is 0 Å². The van der Waals surface area contributed by atoms with Gasteiger partial charge in [0, 0.05) is 32.9 Å². The van der Waals surface area contributed by atoms with Gasteiger partial charge in [0.2, 0.25) is 0 Å². The van der Waals surface area contributed by atoms with E-state index in [0.29, 0.717) is 0 Å². The van der Waals surface area contributed by atoms with E-state index in [1.807, 2.05) is 0 Å². The standard InChI is InChI=1S/C36H29N/c1-35(2)26-19-11-8-16-23(26)29-30-25-18-10-13-21-28(25)37(22-14-6-5-7-15-22)34(30)31-24-17-9-12-20-27(24)36(3,4)33(31)32(29)35/h5-21H,1-4H3. The zero-order valence-electron chi connectivity index (χ0n) is 21.8. The van der Waals surface area contributed by atoms with E-state index in [1.165, 1.54) is 72.0 Å². The van der Waals surface area contributed by atoms with Crippen LogP contribution in [0.15, 0.2) is 103 Å². The summed E-state index contributed by atoms with van der Waals surface area (Å²) in [6, 6.07) is 38.1. The molecule has 0 unspecified atom stereocenters. The molecule has 0 fully saturated rings. The lowest BCUT2D eigenvalue weighted by Gasteiger charge is -2.31. The minimum Gasteiger partial charge on any atom is -0.309 e. The summed E-state index contributed by atoms with van der Waals surface area (Å²) in [5.41, 5.74) is 15.1. The summed E-state index contributed by atoms with van der Waals surface area (Å²) in [5.74, 6) is 0. The topological polar surface area (TPSA) is 4.93 Å². The van der Waals surface area contributed by atoms with Crippen LogP contribution in [0.3, 0.4) is 0 Å². The van der Waals surface area contributed by atoms with E-state index in [9.17, 15) is 0 Å². The summed E-state index contributed by atoms with van der Waals surface area (Å²) in [5, 5.41) is 2.72. The van der Waals surface area contributed by atoms with Crippen LogP contribution in [0.1, 0.15) is 49.9 Å². The molecular formula is C36H29N. The Morgan fingerprint density at radius 1 is 0.514 bits per heavy atom. The lowest BCUT2D eigenvalue weighted by molar-refractivity contribution is 0.602. The van der Waals surface area contributed by atoms with Crippen molar-refractivity contribution in [1.82, 2.24) is 4.57 Å². The smallest absolute Gasteiger partial charge is 0.0629 e. The van der Waals surface area contributed by atoms with Gasteiger partial charge in [0.05, 0.1) is 11.0 Å². The maximum absolute atomic E-state index is 2.52. The van der Waals surface area contributed by atoms with Crippen molar-refractivity contribution in [3.63, 3.8) is 0 Å². The monoisotopic (exact) mass is 475 g/mol. The minimum atomic E-state index is -0.0957. The van der Waals surface area contributed by atoms with E-state index in [0.717, 1.165) is 0 Å². The second-order valence-corrected chi connectivity index (χ2v) is 11.8.